The van der Waals surface area contributed by atoms with Gasteiger partial charge in [0.05, 0.1) is 11.0 Å². The van der Waals surface area contributed by atoms with Gasteiger partial charge in [0.25, 0.3) is 0 Å². The van der Waals surface area contributed by atoms with Gasteiger partial charge in [-0.15, -0.1) is 0 Å². The van der Waals surface area contributed by atoms with Gasteiger partial charge in [-0.25, -0.2) is 0 Å². The summed E-state index contributed by atoms with van der Waals surface area (Å²) in [5, 5.41) is 7.56. The maximum Gasteiger partial charge on any atom is 0.0541 e. The van der Waals surface area contributed by atoms with Crippen molar-refractivity contribution in [2.75, 3.05) is 4.90 Å². The Bertz CT molecular complexity index is 3560. The number of hydrogen-bond donors (Lipinski definition) is 0. The third kappa shape index (κ3) is 6.70. The molecule has 0 saturated heterocycles. The summed E-state index contributed by atoms with van der Waals surface area (Å²) in [4.78, 5) is 2.36. The van der Waals surface area contributed by atoms with E-state index in [-0.39, 0.29) is 0 Å². The van der Waals surface area contributed by atoms with E-state index in [0.29, 0.717) is 0 Å². The van der Waals surface area contributed by atoms with Gasteiger partial charge < -0.3 is 9.47 Å². The highest BCUT2D eigenvalue weighted by molar-refractivity contribution is 6.09. The van der Waals surface area contributed by atoms with Gasteiger partial charge in [-0.05, 0) is 133 Å². The van der Waals surface area contributed by atoms with Gasteiger partial charge in [-0.1, -0.05) is 188 Å². The van der Waals surface area contributed by atoms with Gasteiger partial charge in [-0.2, -0.15) is 0 Å². The van der Waals surface area contributed by atoms with Crippen LogP contribution in [0.4, 0.5) is 17.1 Å². The number of rotatable bonds is 8. The first-order chi connectivity index (χ1) is 31.7. The van der Waals surface area contributed by atoms with Crippen molar-refractivity contribution in [3.05, 3.63) is 255 Å². The van der Waals surface area contributed by atoms with E-state index in [4.69, 9.17) is 0 Å². The zero-order valence-corrected chi connectivity index (χ0v) is 35.1. The Morgan fingerprint density at radius 1 is 0.250 bits per heavy atom. The van der Waals surface area contributed by atoms with Crippen molar-refractivity contribution in [1.82, 2.24) is 4.57 Å². The fourth-order valence-electron chi connectivity index (χ4n) is 9.55. The molecule has 1 aromatic heterocycles. The molecule has 0 radical (unpaired) electrons. The second-order valence-electron chi connectivity index (χ2n) is 16.6. The van der Waals surface area contributed by atoms with Gasteiger partial charge in [-0.3, -0.25) is 0 Å². The number of para-hydroxylation sites is 2. The lowest BCUT2D eigenvalue weighted by molar-refractivity contribution is 1.18. The van der Waals surface area contributed by atoms with Crippen molar-refractivity contribution in [3.8, 4) is 50.2 Å². The molecule has 0 saturated carbocycles. The van der Waals surface area contributed by atoms with Crippen LogP contribution in [-0.4, -0.2) is 4.57 Å². The van der Waals surface area contributed by atoms with E-state index in [1.165, 1.54) is 87.9 Å². The molecule has 1 heterocycles. The molecule has 0 aliphatic heterocycles. The Hall–Kier alpha value is -8.46. The Labute approximate surface area is 373 Å². The number of nitrogens with zero attached hydrogens (tertiary/aromatic N) is 2. The quantitative estimate of drug-likeness (QED) is 0.148. The maximum absolute atomic E-state index is 2.37. The van der Waals surface area contributed by atoms with Crippen LogP contribution in [0.1, 0.15) is 0 Å². The largest absolute Gasteiger partial charge is 0.311 e. The Kier molecular flexibility index (Phi) is 9.20. The van der Waals surface area contributed by atoms with Crippen LogP contribution in [-0.2, 0) is 0 Å². The fraction of sp³-hybridized carbons (Fsp3) is 0. The number of aromatic nitrogens is 1. The Morgan fingerprint density at radius 2 is 0.641 bits per heavy atom. The number of anilines is 3. The predicted molar refractivity (Wildman–Crippen MR) is 272 cm³/mol. The van der Waals surface area contributed by atoms with Crippen molar-refractivity contribution in [2.24, 2.45) is 0 Å². The molecule has 64 heavy (non-hydrogen) atoms. The van der Waals surface area contributed by atoms with Crippen LogP contribution in [0.3, 0.4) is 0 Å². The molecule has 0 spiro atoms. The smallest absolute Gasteiger partial charge is 0.0541 e. The average Bonchev–Trinajstić information content (AvgIpc) is 3.71. The second-order valence-corrected chi connectivity index (χ2v) is 16.6. The molecule has 300 valence electrons. The standard InChI is InChI=1S/C62H42N2/c1-2-12-51-42-52(25-24-43(51)10-1)48-22-20-44(21-23-48)45-26-34-53(35-27-45)63(55-40-32-50(33-41-55)58-17-9-13-49-11-3-4-14-57(49)58)54-36-28-46(29-37-54)47-30-38-56(39-31-47)64-61-18-7-5-15-59(61)60-16-6-8-19-62(60)64/h1-42H. The average molecular weight is 815 g/mol. The van der Waals surface area contributed by atoms with Gasteiger partial charge in [0.2, 0.25) is 0 Å². The number of fused-ring (bicyclic) bond motifs is 5. The van der Waals surface area contributed by atoms with Gasteiger partial charge in [0.15, 0.2) is 0 Å². The van der Waals surface area contributed by atoms with Gasteiger partial charge >= 0.3 is 0 Å². The SMILES string of the molecule is c1ccc2cc(-c3ccc(-c4ccc(N(c5ccc(-c6ccc(-n7c8ccccc8c8ccccc87)cc6)cc5)c5ccc(-c6cccc7ccccc67)cc5)cc4)cc3)ccc2c1. The van der Waals surface area contributed by atoms with Gasteiger partial charge in [0, 0.05) is 33.5 Å². The number of benzene rings is 11. The van der Waals surface area contributed by atoms with Gasteiger partial charge in [0.1, 0.15) is 0 Å². The van der Waals surface area contributed by atoms with E-state index < -0.39 is 0 Å². The summed E-state index contributed by atoms with van der Waals surface area (Å²) >= 11 is 0. The first kappa shape index (κ1) is 37.3. The molecular formula is C62H42N2. The molecule has 0 unspecified atom stereocenters. The van der Waals surface area contributed by atoms with E-state index in [1.807, 2.05) is 0 Å². The molecular weight excluding hydrogens is 773 g/mol. The minimum Gasteiger partial charge on any atom is -0.311 e. The molecule has 0 aliphatic rings. The minimum atomic E-state index is 1.09. The zero-order valence-electron chi connectivity index (χ0n) is 35.1. The zero-order chi connectivity index (χ0) is 42.4. The second kappa shape index (κ2) is 15.8. The van der Waals surface area contributed by atoms with Crippen molar-refractivity contribution in [1.29, 1.82) is 0 Å². The highest BCUT2D eigenvalue weighted by Crippen LogP contribution is 2.39. The predicted octanol–water partition coefficient (Wildman–Crippen LogP) is 17.2. The third-order valence-corrected chi connectivity index (χ3v) is 12.8. The van der Waals surface area contributed by atoms with E-state index in [9.17, 15) is 0 Å². The first-order valence-electron chi connectivity index (χ1n) is 22.0. The van der Waals surface area contributed by atoms with E-state index in [1.54, 1.807) is 0 Å². The van der Waals surface area contributed by atoms with Crippen LogP contribution >= 0.6 is 0 Å². The molecule has 0 atom stereocenters. The van der Waals surface area contributed by atoms with Crippen LogP contribution in [0.2, 0.25) is 0 Å². The maximum atomic E-state index is 2.37. The van der Waals surface area contributed by atoms with Crippen molar-refractivity contribution >= 4 is 60.4 Å². The summed E-state index contributed by atoms with van der Waals surface area (Å²) in [6.45, 7) is 0. The van der Waals surface area contributed by atoms with Crippen LogP contribution < -0.4 is 4.90 Å². The van der Waals surface area contributed by atoms with E-state index >= 15 is 0 Å². The first-order valence-corrected chi connectivity index (χ1v) is 22.0. The molecule has 2 nitrogen and oxygen atoms in total. The molecule has 0 aliphatic carbocycles. The topological polar surface area (TPSA) is 8.17 Å². The van der Waals surface area contributed by atoms with Crippen LogP contribution in [0.15, 0.2) is 255 Å². The molecule has 0 amide bonds. The van der Waals surface area contributed by atoms with Crippen molar-refractivity contribution in [2.45, 2.75) is 0 Å². The third-order valence-electron chi connectivity index (χ3n) is 12.8. The molecule has 0 fully saturated rings. The fourth-order valence-corrected chi connectivity index (χ4v) is 9.55. The lowest BCUT2D eigenvalue weighted by Gasteiger charge is -2.26. The monoisotopic (exact) mass is 814 g/mol. The Balaban J connectivity index is 0.869. The van der Waals surface area contributed by atoms with Crippen molar-refractivity contribution in [3.63, 3.8) is 0 Å². The van der Waals surface area contributed by atoms with Crippen LogP contribution in [0.5, 0.6) is 0 Å². The molecule has 0 N–H and O–H groups in total. The summed E-state index contributed by atoms with van der Waals surface area (Å²) in [6, 6.07) is 92.6. The summed E-state index contributed by atoms with van der Waals surface area (Å²) in [7, 11) is 0. The summed E-state index contributed by atoms with van der Waals surface area (Å²) in [6.07, 6.45) is 0. The normalized spacial score (nSPS) is 11.4. The van der Waals surface area contributed by atoms with E-state index in [2.05, 4.69) is 264 Å². The van der Waals surface area contributed by atoms with Crippen LogP contribution in [0, 0.1) is 0 Å². The molecule has 12 aromatic rings. The minimum absolute atomic E-state index is 1.09. The lowest BCUT2D eigenvalue weighted by Crippen LogP contribution is -2.09. The highest BCUT2D eigenvalue weighted by atomic mass is 15.1. The summed E-state index contributed by atoms with van der Waals surface area (Å²) in [5.41, 5.74) is 16.5. The van der Waals surface area contributed by atoms with Crippen molar-refractivity contribution < 1.29 is 0 Å². The number of hydrogen-bond acceptors (Lipinski definition) is 1. The summed E-state index contributed by atoms with van der Waals surface area (Å²) in [5.74, 6) is 0. The lowest BCUT2D eigenvalue weighted by atomic mass is 9.97. The molecule has 0 bridgehead atoms. The molecule has 12 rings (SSSR count). The highest BCUT2D eigenvalue weighted by Gasteiger charge is 2.16. The Morgan fingerprint density at radius 3 is 1.20 bits per heavy atom. The summed E-state index contributed by atoms with van der Waals surface area (Å²) < 4.78 is 2.37. The molecule has 2 heteroatoms. The van der Waals surface area contributed by atoms with E-state index in [0.717, 1.165) is 22.7 Å². The molecule has 11 aromatic carbocycles. The van der Waals surface area contributed by atoms with Crippen LogP contribution in [0.25, 0.3) is 93.5 Å².